The van der Waals surface area contributed by atoms with Gasteiger partial charge in [0.05, 0.1) is 32.0 Å². The maximum Gasteiger partial charge on any atom is 0.187 e. The molecule has 1 heterocycles. The van der Waals surface area contributed by atoms with E-state index < -0.39 is 12.4 Å². The van der Waals surface area contributed by atoms with E-state index in [0.29, 0.717) is 19.8 Å². The smallest absolute Gasteiger partial charge is 0.187 e. The van der Waals surface area contributed by atoms with E-state index in [4.69, 9.17) is 23.7 Å². The Morgan fingerprint density at radius 1 is 0.600 bits per heavy atom. The van der Waals surface area contributed by atoms with Gasteiger partial charge in [0.25, 0.3) is 0 Å². The molecule has 4 rings (SSSR count). The topological polar surface area (TPSA) is 46.2 Å². The van der Waals surface area contributed by atoms with Crippen LogP contribution in [-0.4, -0.2) is 36.8 Å². The molecule has 0 saturated carbocycles. The fourth-order valence-electron chi connectivity index (χ4n) is 4.25. The third-order valence-corrected chi connectivity index (χ3v) is 5.99. The van der Waals surface area contributed by atoms with Gasteiger partial charge in [-0.25, -0.2) is 0 Å². The molecule has 0 bridgehead atoms. The van der Waals surface area contributed by atoms with Gasteiger partial charge in [-0.05, 0) is 37.5 Å². The van der Waals surface area contributed by atoms with E-state index in [0.717, 1.165) is 16.7 Å². The molecular weight excluding hydrogens is 440 g/mol. The molecule has 0 unspecified atom stereocenters. The first-order valence-electron chi connectivity index (χ1n) is 12.4. The molecule has 1 fully saturated rings. The van der Waals surface area contributed by atoms with Crippen LogP contribution in [0.1, 0.15) is 37.5 Å². The molecule has 5 heteroatoms. The number of ether oxygens (including phenoxy) is 5. The summed E-state index contributed by atoms with van der Waals surface area (Å²) in [6, 6.07) is 30.4. The Labute approximate surface area is 208 Å². The summed E-state index contributed by atoms with van der Waals surface area (Å²) in [4.78, 5) is 0. The van der Waals surface area contributed by atoms with Gasteiger partial charge in [-0.15, -0.1) is 0 Å². The highest BCUT2D eigenvalue weighted by Crippen LogP contribution is 2.31. The molecule has 5 atom stereocenters. The van der Waals surface area contributed by atoms with Crippen molar-refractivity contribution in [3.63, 3.8) is 0 Å². The van der Waals surface area contributed by atoms with Crippen LogP contribution in [0.15, 0.2) is 91.0 Å². The Balaban J connectivity index is 1.57. The standard InChI is InChI=1S/C30H36O5/c1-22(2)34-30-29(33-21-26-17-11-6-12-18-26)28(32-20-25-15-9-5-10-16-25)27(23(3)35-30)31-19-24-13-7-4-8-14-24/h4-18,22-23,27-30H,19-21H2,1-3H3/t23-,27+,28+,29-,30-/m0/s1. The van der Waals surface area contributed by atoms with Gasteiger partial charge < -0.3 is 23.7 Å². The Bertz CT molecular complexity index is 979. The van der Waals surface area contributed by atoms with E-state index in [1.54, 1.807) is 0 Å². The Morgan fingerprint density at radius 2 is 1.00 bits per heavy atom. The molecule has 0 amide bonds. The van der Waals surface area contributed by atoms with E-state index in [-0.39, 0.29) is 24.4 Å². The highest BCUT2D eigenvalue weighted by molar-refractivity contribution is 5.15. The molecule has 35 heavy (non-hydrogen) atoms. The van der Waals surface area contributed by atoms with E-state index in [1.807, 2.05) is 87.5 Å². The summed E-state index contributed by atoms with van der Waals surface area (Å²) in [5.74, 6) is 0. The summed E-state index contributed by atoms with van der Waals surface area (Å²) in [5.41, 5.74) is 3.28. The summed E-state index contributed by atoms with van der Waals surface area (Å²) >= 11 is 0. The molecule has 1 aliphatic heterocycles. The molecule has 1 aliphatic rings. The number of rotatable bonds is 11. The van der Waals surface area contributed by atoms with Gasteiger partial charge in [0.1, 0.15) is 18.3 Å². The predicted octanol–water partition coefficient (Wildman–Crippen LogP) is 5.91. The zero-order valence-corrected chi connectivity index (χ0v) is 20.8. The van der Waals surface area contributed by atoms with Crippen molar-refractivity contribution in [2.75, 3.05) is 0 Å². The zero-order chi connectivity index (χ0) is 24.5. The second-order valence-corrected chi connectivity index (χ2v) is 9.18. The summed E-state index contributed by atoms with van der Waals surface area (Å²) in [5, 5.41) is 0. The Kier molecular flexibility index (Phi) is 9.46. The van der Waals surface area contributed by atoms with Crippen LogP contribution in [0, 0.1) is 0 Å². The van der Waals surface area contributed by atoms with Gasteiger partial charge in [-0.1, -0.05) is 91.0 Å². The number of hydrogen-bond acceptors (Lipinski definition) is 5. The van der Waals surface area contributed by atoms with Crippen molar-refractivity contribution in [2.24, 2.45) is 0 Å². The molecule has 0 spiro atoms. The molecule has 3 aromatic carbocycles. The van der Waals surface area contributed by atoms with Crippen molar-refractivity contribution in [1.29, 1.82) is 0 Å². The van der Waals surface area contributed by atoms with Crippen LogP contribution in [0.3, 0.4) is 0 Å². The Morgan fingerprint density at radius 3 is 1.43 bits per heavy atom. The molecule has 0 aromatic heterocycles. The molecule has 0 N–H and O–H groups in total. The quantitative estimate of drug-likeness (QED) is 0.344. The molecule has 0 radical (unpaired) electrons. The lowest BCUT2D eigenvalue weighted by Crippen LogP contribution is -2.60. The third-order valence-electron chi connectivity index (χ3n) is 5.99. The van der Waals surface area contributed by atoms with E-state index in [1.165, 1.54) is 0 Å². The van der Waals surface area contributed by atoms with Crippen LogP contribution >= 0.6 is 0 Å². The number of benzene rings is 3. The minimum Gasteiger partial charge on any atom is -0.368 e. The van der Waals surface area contributed by atoms with Gasteiger partial charge in [0.2, 0.25) is 0 Å². The lowest BCUT2D eigenvalue weighted by molar-refractivity contribution is -0.326. The average molecular weight is 477 g/mol. The lowest BCUT2D eigenvalue weighted by Gasteiger charge is -2.45. The predicted molar refractivity (Wildman–Crippen MR) is 136 cm³/mol. The Hall–Kier alpha value is -2.54. The summed E-state index contributed by atoms with van der Waals surface area (Å²) in [6.07, 6.45) is -1.99. The van der Waals surface area contributed by atoms with Gasteiger partial charge in [-0.2, -0.15) is 0 Å². The van der Waals surface area contributed by atoms with Crippen molar-refractivity contribution >= 4 is 0 Å². The van der Waals surface area contributed by atoms with Crippen molar-refractivity contribution in [1.82, 2.24) is 0 Å². The van der Waals surface area contributed by atoms with Gasteiger partial charge in [0, 0.05) is 0 Å². The highest BCUT2D eigenvalue weighted by atomic mass is 16.7. The fraction of sp³-hybridized carbons (Fsp3) is 0.400. The normalized spacial score (nSPS) is 24.5. The molecule has 0 aliphatic carbocycles. The van der Waals surface area contributed by atoms with Crippen LogP contribution in [0.25, 0.3) is 0 Å². The molecule has 186 valence electrons. The third kappa shape index (κ3) is 7.47. The summed E-state index contributed by atoms with van der Waals surface area (Å²) < 4.78 is 31.9. The van der Waals surface area contributed by atoms with Crippen LogP contribution in [0.2, 0.25) is 0 Å². The van der Waals surface area contributed by atoms with Crippen molar-refractivity contribution in [2.45, 2.75) is 77.4 Å². The van der Waals surface area contributed by atoms with E-state index >= 15 is 0 Å². The fourth-order valence-corrected chi connectivity index (χ4v) is 4.25. The zero-order valence-electron chi connectivity index (χ0n) is 20.8. The van der Waals surface area contributed by atoms with E-state index in [9.17, 15) is 0 Å². The summed E-state index contributed by atoms with van der Waals surface area (Å²) in [6.45, 7) is 7.35. The van der Waals surface area contributed by atoms with Crippen molar-refractivity contribution in [3.8, 4) is 0 Å². The second kappa shape index (κ2) is 13.0. The minimum absolute atomic E-state index is 0.0217. The van der Waals surface area contributed by atoms with Gasteiger partial charge in [0.15, 0.2) is 6.29 Å². The van der Waals surface area contributed by atoms with Crippen LogP contribution in [0.5, 0.6) is 0 Å². The largest absolute Gasteiger partial charge is 0.368 e. The van der Waals surface area contributed by atoms with Crippen molar-refractivity contribution in [3.05, 3.63) is 108 Å². The number of hydrogen-bond donors (Lipinski definition) is 0. The van der Waals surface area contributed by atoms with Crippen LogP contribution < -0.4 is 0 Å². The minimum atomic E-state index is -0.564. The average Bonchev–Trinajstić information content (AvgIpc) is 2.88. The summed E-state index contributed by atoms with van der Waals surface area (Å²) in [7, 11) is 0. The first-order chi connectivity index (χ1) is 17.1. The van der Waals surface area contributed by atoms with Crippen LogP contribution in [0.4, 0.5) is 0 Å². The van der Waals surface area contributed by atoms with Crippen molar-refractivity contribution < 1.29 is 23.7 Å². The van der Waals surface area contributed by atoms with Gasteiger partial charge in [-0.3, -0.25) is 0 Å². The second-order valence-electron chi connectivity index (χ2n) is 9.18. The maximum absolute atomic E-state index is 6.54. The van der Waals surface area contributed by atoms with Gasteiger partial charge >= 0.3 is 0 Å². The first-order valence-corrected chi connectivity index (χ1v) is 12.4. The van der Waals surface area contributed by atoms with E-state index in [2.05, 4.69) is 24.3 Å². The molecule has 3 aromatic rings. The van der Waals surface area contributed by atoms with Crippen LogP contribution in [-0.2, 0) is 43.5 Å². The maximum atomic E-state index is 6.54. The highest BCUT2D eigenvalue weighted by Gasteiger charge is 2.47. The molecule has 1 saturated heterocycles. The molecular formula is C30H36O5. The SMILES string of the molecule is CC(C)O[C@H]1O[C@@H](C)[C@@H](OCc2ccccc2)[C@@H](OCc2ccccc2)[C@@H]1OCc1ccccc1. The first kappa shape index (κ1) is 25.5. The monoisotopic (exact) mass is 476 g/mol. The molecule has 5 nitrogen and oxygen atoms in total. The lowest BCUT2D eigenvalue weighted by atomic mass is 9.98.